The summed E-state index contributed by atoms with van der Waals surface area (Å²) < 4.78 is 11.4. The lowest BCUT2D eigenvalue weighted by molar-refractivity contribution is -0.154. The molecule has 0 bridgehead atoms. The SMILES string of the molecule is Cc1cc(C)cc(N(C)C(=O)COc2ccccc2N(CC(=O)N(C)c2ccccc2)C(=O)CNC(=O)Nc2cccc(CC(=O)OC(C)(C)C)c2)c1. The summed E-state index contributed by atoms with van der Waals surface area (Å²) in [4.78, 5) is 70.1. The number of nitrogens with zero attached hydrogens (tertiary/aromatic N) is 3. The van der Waals surface area contributed by atoms with Gasteiger partial charge in [-0.1, -0.05) is 48.5 Å². The molecule has 4 rings (SSSR count). The number of carbonyl (C=O) groups excluding carboxylic acids is 5. The van der Waals surface area contributed by atoms with Crippen LogP contribution in [0.1, 0.15) is 37.5 Å². The number of urea groups is 1. The first-order valence-corrected chi connectivity index (χ1v) is 17.1. The number of rotatable bonds is 13. The number of para-hydroxylation sites is 3. The minimum absolute atomic E-state index is 0.0161. The molecule has 5 amide bonds. The van der Waals surface area contributed by atoms with E-state index in [1.165, 1.54) is 14.7 Å². The summed E-state index contributed by atoms with van der Waals surface area (Å²) in [6.45, 7) is 8.05. The summed E-state index contributed by atoms with van der Waals surface area (Å²) in [7, 11) is 3.26. The van der Waals surface area contributed by atoms with Crippen LogP contribution in [-0.4, -0.2) is 69.1 Å². The average molecular weight is 722 g/mol. The first-order chi connectivity index (χ1) is 25.1. The zero-order valence-electron chi connectivity index (χ0n) is 31.3. The van der Waals surface area contributed by atoms with Crippen molar-refractivity contribution in [3.63, 3.8) is 0 Å². The number of hydrogen-bond donors (Lipinski definition) is 2. The van der Waals surface area contributed by atoms with Gasteiger partial charge in [-0.05, 0) is 99.8 Å². The number of ether oxygens (including phenoxy) is 2. The van der Waals surface area contributed by atoms with Crippen molar-refractivity contribution in [3.8, 4) is 5.75 Å². The normalized spacial score (nSPS) is 10.8. The van der Waals surface area contributed by atoms with Crippen LogP contribution < -0.4 is 30.1 Å². The fourth-order valence-electron chi connectivity index (χ4n) is 5.40. The van der Waals surface area contributed by atoms with Crippen LogP contribution in [-0.2, 0) is 30.3 Å². The monoisotopic (exact) mass is 721 g/mol. The predicted octanol–water partition coefficient (Wildman–Crippen LogP) is 6.05. The molecule has 0 saturated carbocycles. The van der Waals surface area contributed by atoms with Crippen LogP contribution >= 0.6 is 0 Å². The Hall–Kier alpha value is -6.17. The van der Waals surface area contributed by atoms with E-state index >= 15 is 0 Å². The molecule has 0 spiro atoms. The van der Waals surface area contributed by atoms with Gasteiger partial charge in [-0.2, -0.15) is 0 Å². The lowest BCUT2D eigenvalue weighted by atomic mass is 10.1. The van der Waals surface area contributed by atoms with Gasteiger partial charge in [-0.25, -0.2) is 4.79 Å². The summed E-state index contributed by atoms with van der Waals surface area (Å²) in [5, 5.41) is 5.24. The average Bonchev–Trinajstić information content (AvgIpc) is 3.10. The largest absolute Gasteiger partial charge is 0.482 e. The Morgan fingerprint density at radius 2 is 1.34 bits per heavy atom. The van der Waals surface area contributed by atoms with Crippen LogP contribution in [0.15, 0.2) is 97.1 Å². The van der Waals surface area contributed by atoms with Crippen molar-refractivity contribution in [2.45, 2.75) is 46.6 Å². The van der Waals surface area contributed by atoms with Crippen LogP contribution in [0.5, 0.6) is 5.75 Å². The van der Waals surface area contributed by atoms with Crippen LogP contribution in [0, 0.1) is 13.8 Å². The van der Waals surface area contributed by atoms with Crippen molar-refractivity contribution in [1.29, 1.82) is 0 Å². The van der Waals surface area contributed by atoms with E-state index in [-0.39, 0.29) is 30.4 Å². The van der Waals surface area contributed by atoms with Gasteiger partial charge in [0.2, 0.25) is 11.8 Å². The Bertz CT molecular complexity index is 1920. The Morgan fingerprint density at radius 1 is 0.698 bits per heavy atom. The van der Waals surface area contributed by atoms with Gasteiger partial charge >= 0.3 is 12.0 Å². The van der Waals surface area contributed by atoms with E-state index in [1.807, 2.05) is 38.1 Å². The number of benzene rings is 4. The lowest BCUT2D eigenvalue weighted by Crippen LogP contribution is -2.46. The van der Waals surface area contributed by atoms with Crippen molar-refractivity contribution in [2.75, 3.05) is 53.8 Å². The first kappa shape index (κ1) is 39.6. The van der Waals surface area contributed by atoms with Gasteiger partial charge < -0.3 is 29.9 Å². The van der Waals surface area contributed by atoms with Crippen molar-refractivity contribution >= 4 is 52.5 Å². The number of likely N-dealkylation sites (N-methyl/N-ethyl adjacent to an activating group) is 2. The molecule has 0 heterocycles. The molecule has 0 aliphatic rings. The maximum atomic E-state index is 13.9. The Kier molecular flexibility index (Phi) is 13.3. The number of esters is 1. The van der Waals surface area contributed by atoms with Gasteiger partial charge in [0, 0.05) is 31.2 Å². The van der Waals surface area contributed by atoms with Gasteiger partial charge in [-0.3, -0.25) is 24.1 Å². The van der Waals surface area contributed by atoms with Crippen LogP contribution in [0.25, 0.3) is 0 Å². The van der Waals surface area contributed by atoms with Gasteiger partial charge in [0.05, 0.1) is 18.7 Å². The van der Waals surface area contributed by atoms with E-state index in [1.54, 1.807) is 108 Å². The quantitative estimate of drug-likeness (QED) is 0.161. The van der Waals surface area contributed by atoms with Crippen LogP contribution in [0.3, 0.4) is 0 Å². The molecule has 0 saturated heterocycles. The Morgan fingerprint density at radius 3 is 2.02 bits per heavy atom. The lowest BCUT2D eigenvalue weighted by Gasteiger charge is -2.27. The van der Waals surface area contributed by atoms with E-state index in [2.05, 4.69) is 10.6 Å². The maximum absolute atomic E-state index is 13.9. The molecule has 12 nitrogen and oxygen atoms in total. The molecule has 0 aliphatic carbocycles. The van der Waals surface area contributed by atoms with E-state index in [9.17, 15) is 24.0 Å². The van der Waals surface area contributed by atoms with E-state index in [0.717, 1.165) is 16.8 Å². The van der Waals surface area contributed by atoms with E-state index in [4.69, 9.17) is 9.47 Å². The number of nitrogens with one attached hydrogen (secondary N) is 2. The third-order valence-corrected chi connectivity index (χ3v) is 7.94. The smallest absolute Gasteiger partial charge is 0.319 e. The third-order valence-electron chi connectivity index (χ3n) is 7.94. The second kappa shape index (κ2) is 17.9. The summed E-state index contributed by atoms with van der Waals surface area (Å²) in [5.41, 5.74) is 4.02. The minimum Gasteiger partial charge on any atom is -0.482 e. The fraction of sp³-hybridized carbons (Fsp3) is 0.293. The molecule has 2 N–H and O–H groups in total. The number of anilines is 4. The van der Waals surface area contributed by atoms with Gasteiger partial charge in [-0.15, -0.1) is 0 Å². The number of hydrogen-bond acceptors (Lipinski definition) is 7. The van der Waals surface area contributed by atoms with Crippen molar-refractivity contribution in [3.05, 3.63) is 114 Å². The molecule has 0 unspecified atom stereocenters. The number of amides is 5. The van der Waals surface area contributed by atoms with Gasteiger partial charge in [0.1, 0.15) is 17.9 Å². The maximum Gasteiger partial charge on any atom is 0.319 e. The molecular weight excluding hydrogens is 674 g/mol. The molecule has 0 radical (unpaired) electrons. The second-order valence-electron chi connectivity index (χ2n) is 13.6. The molecule has 4 aromatic carbocycles. The highest BCUT2D eigenvalue weighted by Gasteiger charge is 2.26. The second-order valence-corrected chi connectivity index (χ2v) is 13.6. The minimum atomic E-state index is -0.676. The molecule has 12 heteroatoms. The molecule has 53 heavy (non-hydrogen) atoms. The molecule has 0 atom stereocenters. The topological polar surface area (TPSA) is 138 Å². The summed E-state index contributed by atoms with van der Waals surface area (Å²) in [6.07, 6.45) is 0.0161. The van der Waals surface area contributed by atoms with Gasteiger partial charge in [0.25, 0.3) is 5.91 Å². The molecule has 0 fully saturated rings. The zero-order chi connectivity index (χ0) is 38.7. The highest BCUT2D eigenvalue weighted by Crippen LogP contribution is 2.29. The van der Waals surface area contributed by atoms with Crippen molar-refractivity contribution in [1.82, 2.24) is 5.32 Å². The highest BCUT2D eigenvalue weighted by molar-refractivity contribution is 6.06. The Balaban J connectivity index is 1.49. The highest BCUT2D eigenvalue weighted by atomic mass is 16.6. The third kappa shape index (κ3) is 12.0. The molecule has 4 aromatic rings. The fourth-order valence-corrected chi connectivity index (χ4v) is 5.40. The van der Waals surface area contributed by atoms with Crippen molar-refractivity contribution in [2.24, 2.45) is 0 Å². The number of aryl methyl sites for hydroxylation is 2. The van der Waals surface area contributed by atoms with Crippen LogP contribution in [0.4, 0.5) is 27.5 Å². The first-order valence-electron chi connectivity index (χ1n) is 17.1. The zero-order valence-corrected chi connectivity index (χ0v) is 31.3. The van der Waals surface area contributed by atoms with Crippen LogP contribution in [0.2, 0.25) is 0 Å². The van der Waals surface area contributed by atoms with Crippen molar-refractivity contribution < 1.29 is 33.4 Å². The van der Waals surface area contributed by atoms with E-state index in [0.29, 0.717) is 16.9 Å². The predicted molar refractivity (Wildman–Crippen MR) is 206 cm³/mol. The summed E-state index contributed by atoms with van der Waals surface area (Å²) >= 11 is 0. The standard InChI is InChI=1S/C41H47N5O7/c1-28-20-29(2)22-33(21-28)45(7)38(49)27-52-35-19-12-11-18-34(35)46(26-37(48)44(6)32-16-9-8-10-17-32)36(47)25-42-40(51)43-31-15-13-14-30(23-31)24-39(50)53-41(3,4)5/h8-23H,24-27H2,1-7H3,(H2,42,43,51). The molecular formula is C41H47N5O7. The molecule has 0 aromatic heterocycles. The molecule has 0 aliphatic heterocycles. The molecule has 278 valence electrons. The summed E-state index contributed by atoms with van der Waals surface area (Å²) in [6, 6.07) is 27.4. The Labute approximate surface area is 310 Å². The van der Waals surface area contributed by atoms with Gasteiger partial charge in [0.15, 0.2) is 6.61 Å². The number of carbonyl (C=O) groups is 5. The van der Waals surface area contributed by atoms with E-state index < -0.39 is 42.5 Å². The summed E-state index contributed by atoms with van der Waals surface area (Å²) in [5.74, 6) is -1.54.